The summed E-state index contributed by atoms with van der Waals surface area (Å²) in [6, 6.07) is 99.8. The molecule has 15 aromatic rings. The quantitative estimate of drug-likeness (QED) is 0.140. The number of nitrogens with zero attached hydrogens (tertiary/aromatic N) is 2. The van der Waals surface area contributed by atoms with Crippen molar-refractivity contribution in [3.05, 3.63) is 278 Å². The normalized spacial score (nSPS) is 13.2. The van der Waals surface area contributed by atoms with Gasteiger partial charge in [0.05, 0.1) is 20.8 Å². The molecule has 4 heteroatoms. The summed E-state index contributed by atoms with van der Waals surface area (Å²) in [7, 11) is 0. The molecular weight excluding hydrogens is 1070 g/mol. The van der Waals surface area contributed by atoms with Crippen molar-refractivity contribution in [3.8, 4) is 33.4 Å². The second kappa shape index (κ2) is 19.4. The zero-order valence-electron chi connectivity index (χ0n) is 48.6. The smallest absolute Gasteiger partial charge is 0.0640 e. The minimum Gasteiger partial charge on any atom is -0.309 e. The molecule has 0 aliphatic heterocycles. The predicted octanol–water partition coefficient (Wildman–Crippen LogP) is 24.5. The van der Waals surface area contributed by atoms with Gasteiger partial charge in [0.25, 0.3) is 0 Å². The van der Waals surface area contributed by atoms with E-state index in [1.807, 2.05) is 22.7 Å². The van der Waals surface area contributed by atoms with Gasteiger partial charge in [-0.1, -0.05) is 224 Å². The molecule has 2 nitrogen and oxygen atoms in total. The van der Waals surface area contributed by atoms with Gasteiger partial charge in [-0.25, -0.2) is 0 Å². The molecule has 0 bridgehead atoms. The van der Waals surface area contributed by atoms with E-state index in [9.17, 15) is 0 Å². The number of benzene rings is 13. The molecule has 1 aliphatic carbocycles. The molecule has 13 aromatic carbocycles. The lowest BCUT2D eigenvalue weighted by molar-refractivity contribution is 0.0977. The highest BCUT2D eigenvalue weighted by atomic mass is 32.1. The topological polar surface area (TPSA) is 6.48 Å². The molecule has 0 spiro atoms. The number of rotatable bonds is 8. The maximum absolute atomic E-state index is 2.49. The first-order valence-electron chi connectivity index (χ1n) is 29.7. The van der Waals surface area contributed by atoms with Crippen molar-refractivity contribution >= 4 is 129 Å². The van der Waals surface area contributed by atoms with Gasteiger partial charge in [0.1, 0.15) is 0 Å². The van der Waals surface area contributed by atoms with Crippen LogP contribution in [0.2, 0.25) is 0 Å². The summed E-state index contributed by atoms with van der Waals surface area (Å²) in [6.07, 6.45) is 0. The summed E-state index contributed by atoms with van der Waals surface area (Å²) in [4.78, 5) is 4.84. The summed E-state index contributed by atoms with van der Waals surface area (Å²) >= 11 is 3.74. The van der Waals surface area contributed by atoms with Crippen molar-refractivity contribution < 1.29 is 0 Å². The Hall–Kier alpha value is -9.32. The van der Waals surface area contributed by atoms with Crippen LogP contribution in [0.1, 0.15) is 52.7 Å². The summed E-state index contributed by atoms with van der Waals surface area (Å²) in [5.74, 6) is 0. The van der Waals surface area contributed by atoms with Crippen LogP contribution in [0.4, 0.5) is 34.1 Å². The molecule has 0 saturated heterocycles. The van der Waals surface area contributed by atoms with E-state index in [1.54, 1.807) is 0 Å². The largest absolute Gasteiger partial charge is 0.309 e. The van der Waals surface area contributed by atoms with E-state index >= 15 is 0 Å². The van der Waals surface area contributed by atoms with E-state index in [4.69, 9.17) is 0 Å². The van der Waals surface area contributed by atoms with Gasteiger partial charge in [0.2, 0.25) is 0 Å². The SMILES string of the molecule is CC(C)(C)C1(C(C)(C)C)c2c(ccc3cc(-c4ccc(N(c5ccccc5)c5cccc6c5sc5ccccc56)cc4)ccc23)-c2c1c1ccc(-c3ccc(N(c4ccccc4)c4cccc5c4sc4ccccc45)cc3)cc1c1ccccc21. The van der Waals surface area contributed by atoms with Gasteiger partial charge in [0.15, 0.2) is 0 Å². The van der Waals surface area contributed by atoms with Gasteiger partial charge in [-0.2, -0.15) is 0 Å². The summed E-state index contributed by atoms with van der Waals surface area (Å²) in [5.41, 5.74) is 16.6. The van der Waals surface area contributed by atoms with Crippen LogP contribution in [-0.4, -0.2) is 0 Å². The fourth-order valence-electron chi connectivity index (χ4n) is 15.3. The Kier molecular flexibility index (Phi) is 11.7. The Balaban J connectivity index is 0.805. The highest BCUT2D eigenvalue weighted by Gasteiger charge is 2.59. The maximum atomic E-state index is 2.49. The molecule has 1 aliphatic rings. The first kappa shape index (κ1) is 51.3. The fraction of sp³-hybridized carbons (Fsp3) is 0.111. The zero-order valence-corrected chi connectivity index (χ0v) is 50.2. The lowest BCUT2D eigenvalue weighted by atomic mass is 9.49. The monoisotopic (exact) mass is 1130 g/mol. The molecule has 0 atom stereocenters. The van der Waals surface area contributed by atoms with E-state index in [2.05, 4.69) is 318 Å². The average Bonchev–Trinajstić information content (AvgIpc) is 1.89. The molecule has 0 radical (unpaired) electrons. The molecule has 0 fully saturated rings. The molecule has 0 unspecified atom stereocenters. The molecule has 2 heterocycles. The lowest BCUT2D eigenvalue weighted by Crippen LogP contribution is -2.50. The maximum Gasteiger partial charge on any atom is 0.0640 e. The van der Waals surface area contributed by atoms with Crippen molar-refractivity contribution in [2.75, 3.05) is 9.80 Å². The van der Waals surface area contributed by atoms with Crippen LogP contribution in [0.3, 0.4) is 0 Å². The van der Waals surface area contributed by atoms with E-state index in [1.165, 1.54) is 129 Å². The predicted molar refractivity (Wildman–Crippen MR) is 370 cm³/mol. The van der Waals surface area contributed by atoms with Crippen LogP contribution < -0.4 is 9.80 Å². The van der Waals surface area contributed by atoms with E-state index in [0.717, 1.165) is 22.7 Å². The van der Waals surface area contributed by atoms with Crippen LogP contribution in [0.15, 0.2) is 267 Å². The Morgan fingerprint density at radius 1 is 0.294 bits per heavy atom. The molecule has 0 N–H and O–H groups in total. The highest BCUT2D eigenvalue weighted by molar-refractivity contribution is 7.26. The summed E-state index contributed by atoms with van der Waals surface area (Å²) in [6.45, 7) is 14.9. The highest BCUT2D eigenvalue weighted by Crippen LogP contribution is 2.68. The Morgan fingerprint density at radius 3 is 1.24 bits per heavy atom. The van der Waals surface area contributed by atoms with Crippen LogP contribution in [0.25, 0.3) is 106 Å². The van der Waals surface area contributed by atoms with Crippen LogP contribution >= 0.6 is 22.7 Å². The third kappa shape index (κ3) is 7.81. The third-order valence-corrected chi connectivity index (χ3v) is 20.9. The fourth-order valence-corrected chi connectivity index (χ4v) is 17.8. The molecule has 0 amide bonds. The molecule has 2 aromatic heterocycles. The Labute approximate surface area is 505 Å². The second-order valence-electron chi connectivity index (χ2n) is 25.2. The molecule has 408 valence electrons. The summed E-state index contributed by atoms with van der Waals surface area (Å²) in [5, 5.41) is 13.0. The van der Waals surface area contributed by atoms with Gasteiger partial charge in [-0.15, -0.1) is 22.7 Å². The number of hydrogen-bond acceptors (Lipinski definition) is 4. The average molecular weight is 1130 g/mol. The van der Waals surface area contributed by atoms with Crippen molar-refractivity contribution in [2.24, 2.45) is 10.8 Å². The number of para-hydroxylation sites is 2. The standard InChI is InChI=1S/C81H62N2S2/c1-79(2,3)81(80(4,5)6)75-60-46-39-53(51-35-42-58(43-36-51)82(56-21-9-7-10-22-56)70-31-19-29-66-62-26-15-17-33-72(62)84-77(66)70)49-55(60)41-48-68(75)74-64-28-14-13-25-61(64)69-50-54(40-47-65(69)76(74)81)52-37-44-59(45-38-52)83(57-23-11-8-12-24-57)71-32-20-30-67-63-27-16-18-34-73(63)85-78(67)71/h7-50H,1-6H3. The van der Waals surface area contributed by atoms with Gasteiger partial charge >= 0.3 is 0 Å². The van der Waals surface area contributed by atoms with Gasteiger partial charge in [0, 0.05) is 59.1 Å². The lowest BCUT2D eigenvalue weighted by Gasteiger charge is -2.54. The first-order chi connectivity index (χ1) is 41.4. The second-order valence-corrected chi connectivity index (χ2v) is 27.3. The van der Waals surface area contributed by atoms with Crippen LogP contribution in [-0.2, 0) is 5.41 Å². The van der Waals surface area contributed by atoms with Crippen molar-refractivity contribution in [3.63, 3.8) is 0 Å². The van der Waals surface area contributed by atoms with E-state index < -0.39 is 0 Å². The molecule has 16 rings (SSSR count). The number of hydrogen-bond donors (Lipinski definition) is 0. The van der Waals surface area contributed by atoms with Gasteiger partial charge < -0.3 is 9.80 Å². The van der Waals surface area contributed by atoms with Crippen LogP contribution in [0, 0.1) is 10.8 Å². The van der Waals surface area contributed by atoms with Crippen molar-refractivity contribution in [1.82, 2.24) is 0 Å². The minimum atomic E-state index is -0.380. The van der Waals surface area contributed by atoms with Crippen LogP contribution in [0.5, 0.6) is 0 Å². The Morgan fingerprint density at radius 2 is 0.718 bits per heavy atom. The van der Waals surface area contributed by atoms with Gasteiger partial charge in [-0.05, 0) is 173 Å². The van der Waals surface area contributed by atoms with Gasteiger partial charge in [-0.3, -0.25) is 0 Å². The summed E-state index contributed by atoms with van der Waals surface area (Å²) < 4.78 is 5.19. The molecule has 85 heavy (non-hydrogen) atoms. The first-order valence-corrected chi connectivity index (χ1v) is 31.4. The number of thiophene rings is 2. The van der Waals surface area contributed by atoms with Crippen molar-refractivity contribution in [1.29, 1.82) is 0 Å². The minimum absolute atomic E-state index is 0.187. The number of fused-ring (bicyclic) bond motifs is 16. The zero-order chi connectivity index (χ0) is 57.3. The molecule has 0 saturated carbocycles. The number of anilines is 6. The van der Waals surface area contributed by atoms with E-state index in [0.29, 0.717) is 0 Å². The van der Waals surface area contributed by atoms with Crippen molar-refractivity contribution in [2.45, 2.75) is 47.0 Å². The van der Waals surface area contributed by atoms with E-state index in [-0.39, 0.29) is 16.2 Å². The molecular formula is C81H62N2S2. The Bertz CT molecular complexity index is 5120. The third-order valence-electron chi connectivity index (χ3n) is 18.5.